The van der Waals surface area contributed by atoms with Crippen LogP contribution in [0.3, 0.4) is 0 Å². The molecule has 0 amide bonds. The van der Waals surface area contributed by atoms with E-state index in [1.165, 1.54) is 23.0 Å². The molecule has 0 spiro atoms. The number of nitrogens with zero attached hydrogens (tertiary/aromatic N) is 2. The largest absolute Gasteiger partial charge is 0.383 e. The van der Waals surface area contributed by atoms with Gasteiger partial charge in [-0.1, -0.05) is 18.2 Å². The molecule has 0 fully saturated rings. The minimum atomic E-state index is -0.509. The Labute approximate surface area is 164 Å². The lowest BCUT2D eigenvalue weighted by Gasteiger charge is -2.14. The number of ketones is 2. The van der Waals surface area contributed by atoms with Crippen LogP contribution in [-0.2, 0) is 16.0 Å². The van der Waals surface area contributed by atoms with E-state index in [0.29, 0.717) is 17.0 Å². The summed E-state index contributed by atoms with van der Waals surface area (Å²) in [7, 11) is 0. The first-order chi connectivity index (χ1) is 13.6. The van der Waals surface area contributed by atoms with Gasteiger partial charge in [-0.05, 0) is 40.6 Å². The third-order valence-corrected chi connectivity index (χ3v) is 5.94. The summed E-state index contributed by atoms with van der Waals surface area (Å²) in [5, 5.41) is 2.65. The molecule has 1 aliphatic carbocycles. The highest BCUT2D eigenvalue weighted by molar-refractivity contribution is 7.08. The minimum Gasteiger partial charge on any atom is -0.383 e. The Morgan fingerprint density at radius 3 is 2.86 bits per heavy atom. The second kappa shape index (κ2) is 6.35. The lowest BCUT2D eigenvalue weighted by Crippen LogP contribution is -2.34. The van der Waals surface area contributed by atoms with Gasteiger partial charge in [-0.2, -0.15) is 0 Å². The van der Waals surface area contributed by atoms with Crippen molar-refractivity contribution in [2.75, 3.05) is 12.3 Å². The number of benzene rings is 1. The van der Waals surface area contributed by atoms with Crippen molar-refractivity contribution in [3.05, 3.63) is 68.4 Å². The number of pyridine rings is 1. The van der Waals surface area contributed by atoms with E-state index in [4.69, 9.17) is 5.73 Å². The van der Waals surface area contributed by atoms with E-state index in [9.17, 15) is 9.59 Å². The average Bonchev–Trinajstić information content (AvgIpc) is 3.17. The van der Waals surface area contributed by atoms with Gasteiger partial charge in [0.1, 0.15) is 5.82 Å². The fourth-order valence-electron chi connectivity index (χ4n) is 3.66. The SMILES string of the molecule is Nc1ncc(C2=c3ccsc3=CC(=O)C2=O)cc1-c1ccc2c(c1)CCN=C2. The van der Waals surface area contributed by atoms with Crippen molar-refractivity contribution in [2.24, 2.45) is 4.99 Å². The zero-order chi connectivity index (χ0) is 19.3. The van der Waals surface area contributed by atoms with Gasteiger partial charge in [0, 0.05) is 51.5 Å². The Bertz CT molecular complexity index is 1320. The monoisotopic (exact) mass is 385 g/mol. The van der Waals surface area contributed by atoms with E-state index < -0.39 is 11.6 Å². The molecule has 0 saturated heterocycles. The molecule has 0 radical (unpaired) electrons. The number of hydrogen-bond donors (Lipinski definition) is 1. The van der Waals surface area contributed by atoms with E-state index in [1.54, 1.807) is 6.20 Å². The molecule has 136 valence electrons. The zero-order valence-electron chi connectivity index (χ0n) is 14.8. The number of nitrogen functional groups attached to an aromatic ring is 1. The predicted octanol–water partition coefficient (Wildman–Crippen LogP) is 1.50. The molecule has 28 heavy (non-hydrogen) atoms. The highest BCUT2D eigenvalue weighted by Crippen LogP contribution is 2.30. The van der Waals surface area contributed by atoms with Gasteiger partial charge in [-0.25, -0.2) is 4.98 Å². The number of aromatic nitrogens is 1. The standard InChI is InChI=1S/C22H15N3O2S/c23-22-17(13-1-2-14-10-24-5-3-12(14)7-13)8-15(11-25-22)20-16-4-6-28-19(16)9-18(26)21(20)27/h1-2,4,6-11H,3,5H2,(H2,23,25). The second-order valence-electron chi connectivity index (χ2n) is 6.77. The fraction of sp³-hybridized carbons (Fsp3) is 0.0909. The smallest absolute Gasteiger partial charge is 0.234 e. The van der Waals surface area contributed by atoms with E-state index in [1.807, 2.05) is 35.9 Å². The topological polar surface area (TPSA) is 85.4 Å². The number of Topliss-reactive ketones (excluding diaryl/α,β-unsaturated/α-hetero) is 2. The van der Waals surface area contributed by atoms with Crippen LogP contribution < -0.4 is 15.5 Å². The summed E-state index contributed by atoms with van der Waals surface area (Å²) < 4.78 is 0.797. The summed E-state index contributed by atoms with van der Waals surface area (Å²) in [6.45, 7) is 0.774. The molecule has 1 aromatic carbocycles. The summed E-state index contributed by atoms with van der Waals surface area (Å²) in [6, 6.07) is 9.82. The quantitative estimate of drug-likeness (QED) is 0.678. The van der Waals surface area contributed by atoms with Crippen molar-refractivity contribution >= 4 is 46.6 Å². The van der Waals surface area contributed by atoms with E-state index in [-0.39, 0.29) is 0 Å². The highest BCUT2D eigenvalue weighted by atomic mass is 32.1. The molecule has 2 aromatic heterocycles. The third-order valence-electron chi connectivity index (χ3n) is 5.08. The molecular formula is C22H15N3O2S. The van der Waals surface area contributed by atoms with E-state index in [0.717, 1.165) is 39.4 Å². The van der Waals surface area contributed by atoms with Gasteiger partial charge in [0.2, 0.25) is 11.6 Å². The third kappa shape index (κ3) is 2.61. The lowest BCUT2D eigenvalue weighted by molar-refractivity contribution is -0.129. The molecule has 3 aromatic rings. The zero-order valence-corrected chi connectivity index (χ0v) is 15.6. The maximum atomic E-state index is 12.6. The van der Waals surface area contributed by atoms with Crippen molar-refractivity contribution in [1.29, 1.82) is 0 Å². The second-order valence-corrected chi connectivity index (χ2v) is 7.71. The van der Waals surface area contributed by atoms with Crippen LogP contribution in [-0.4, -0.2) is 29.3 Å². The Morgan fingerprint density at radius 2 is 1.96 bits per heavy atom. The lowest BCUT2D eigenvalue weighted by atomic mass is 9.92. The Balaban J connectivity index is 1.71. The first kappa shape index (κ1) is 16.8. The molecule has 0 atom stereocenters. The number of hydrogen-bond acceptors (Lipinski definition) is 6. The molecule has 6 heteroatoms. The molecule has 0 unspecified atom stereocenters. The summed E-state index contributed by atoms with van der Waals surface area (Å²) in [6.07, 6.45) is 5.74. The number of thiophene rings is 1. The Kier molecular flexibility index (Phi) is 3.80. The van der Waals surface area contributed by atoms with Crippen molar-refractivity contribution in [1.82, 2.24) is 4.98 Å². The van der Waals surface area contributed by atoms with Crippen LogP contribution in [0.5, 0.6) is 0 Å². The summed E-state index contributed by atoms with van der Waals surface area (Å²) in [5.74, 6) is -0.623. The van der Waals surface area contributed by atoms with Crippen LogP contribution >= 0.6 is 11.3 Å². The number of carbonyl (C=O) groups excluding carboxylic acids is 2. The van der Waals surface area contributed by atoms with Crippen molar-refractivity contribution in [3.8, 4) is 11.1 Å². The number of rotatable bonds is 2. The Morgan fingerprint density at radius 1 is 1.07 bits per heavy atom. The minimum absolute atomic E-state index is 0.389. The summed E-state index contributed by atoms with van der Waals surface area (Å²) in [5.41, 5.74) is 11.2. The van der Waals surface area contributed by atoms with Gasteiger partial charge in [-0.15, -0.1) is 11.3 Å². The van der Waals surface area contributed by atoms with Crippen molar-refractivity contribution < 1.29 is 9.59 Å². The van der Waals surface area contributed by atoms with Crippen LogP contribution in [0.25, 0.3) is 22.8 Å². The van der Waals surface area contributed by atoms with Crippen LogP contribution in [0.15, 0.2) is 46.9 Å². The molecule has 5 rings (SSSR count). The summed E-state index contributed by atoms with van der Waals surface area (Å²) in [4.78, 5) is 33.4. The van der Waals surface area contributed by atoms with Gasteiger partial charge in [0.25, 0.3) is 0 Å². The fourth-order valence-corrected chi connectivity index (χ4v) is 4.49. The molecule has 2 aliphatic rings. The maximum absolute atomic E-state index is 12.6. The van der Waals surface area contributed by atoms with Crippen LogP contribution in [0.2, 0.25) is 0 Å². The van der Waals surface area contributed by atoms with Gasteiger partial charge in [-0.3, -0.25) is 14.6 Å². The van der Waals surface area contributed by atoms with Gasteiger partial charge in [0.05, 0.1) is 0 Å². The van der Waals surface area contributed by atoms with Gasteiger partial charge < -0.3 is 5.73 Å². The van der Waals surface area contributed by atoms with Crippen molar-refractivity contribution in [2.45, 2.75) is 6.42 Å². The van der Waals surface area contributed by atoms with Gasteiger partial charge >= 0.3 is 0 Å². The van der Waals surface area contributed by atoms with E-state index in [2.05, 4.69) is 16.0 Å². The predicted molar refractivity (Wildman–Crippen MR) is 111 cm³/mol. The number of anilines is 1. The first-order valence-corrected chi connectivity index (χ1v) is 9.77. The highest BCUT2D eigenvalue weighted by Gasteiger charge is 2.24. The molecule has 2 N–H and O–H groups in total. The number of aliphatic imine (C=N–C) groups is 1. The molecule has 5 nitrogen and oxygen atoms in total. The number of carbonyl (C=O) groups is 2. The van der Waals surface area contributed by atoms with Crippen LogP contribution in [0.1, 0.15) is 16.7 Å². The average molecular weight is 385 g/mol. The molecule has 3 heterocycles. The number of fused-ring (bicyclic) bond motifs is 2. The molecule has 1 aliphatic heterocycles. The van der Waals surface area contributed by atoms with E-state index >= 15 is 0 Å². The number of nitrogens with two attached hydrogens (primary N) is 1. The molecule has 0 saturated carbocycles. The van der Waals surface area contributed by atoms with Gasteiger partial charge in [0.15, 0.2) is 0 Å². The van der Waals surface area contributed by atoms with Crippen LogP contribution in [0, 0.1) is 0 Å². The van der Waals surface area contributed by atoms with Crippen molar-refractivity contribution in [3.63, 3.8) is 0 Å². The molecule has 0 bridgehead atoms. The molecular weight excluding hydrogens is 370 g/mol. The normalized spacial score (nSPS) is 15.2. The van der Waals surface area contributed by atoms with Crippen LogP contribution in [0.4, 0.5) is 5.82 Å². The summed E-state index contributed by atoms with van der Waals surface area (Å²) >= 11 is 1.44. The first-order valence-electron chi connectivity index (χ1n) is 8.89. The maximum Gasteiger partial charge on any atom is 0.234 e. The Hall–Kier alpha value is -3.38.